The van der Waals surface area contributed by atoms with Gasteiger partial charge in [0.25, 0.3) is 5.91 Å². The van der Waals surface area contributed by atoms with E-state index in [9.17, 15) is 22.0 Å². The number of amides is 1. The Labute approximate surface area is 155 Å². The second-order valence-electron chi connectivity index (χ2n) is 6.08. The summed E-state index contributed by atoms with van der Waals surface area (Å²) in [5.41, 5.74) is 0.835. The molecule has 0 aliphatic carbocycles. The number of morpholine rings is 1. The third-order valence-electron chi connectivity index (χ3n) is 4.23. The highest BCUT2D eigenvalue weighted by atomic mass is 32.2. The van der Waals surface area contributed by atoms with Crippen molar-refractivity contribution in [2.45, 2.75) is 11.8 Å². The van der Waals surface area contributed by atoms with Crippen LogP contribution in [0.15, 0.2) is 41.3 Å². The van der Waals surface area contributed by atoms with Gasteiger partial charge >= 0.3 is 0 Å². The van der Waals surface area contributed by atoms with Crippen LogP contribution in [0.1, 0.15) is 15.9 Å². The van der Waals surface area contributed by atoms with Crippen LogP contribution in [0.2, 0.25) is 0 Å². The van der Waals surface area contributed by atoms with Gasteiger partial charge in [0, 0.05) is 24.3 Å². The molecule has 0 aromatic heterocycles. The van der Waals surface area contributed by atoms with Crippen LogP contribution in [0.25, 0.3) is 0 Å². The van der Waals surface area contributed by atoms with Crippen molar-refractivity contribution in [1.82, 2.24) is 4.31 Å². The Morgan fingerprint density at radius 3 is 2.52 bits per heavy atom. The minimum absolute atomic E-state index is 0.0492. The molecule has 1 heterocycles. The number of nitrogens with one attached hydrogen (secondary N) is 1. The predicted molar refractivity (Wildman–Crippen MR) is 95.1 cm³/mol. The summed E-state index contributed by atoms with van der Waals surface area (Å²) in [5.74, 6) is -2.13. The van der Waals surface area contributed by atoms with Gasteiger partial charge in [-0.2, -0.15) is 4.31 Å². The van der Waals surface area contributed by atoms with Gasteiger partial charge in [0.2, 0.25) is 10.0 Å². The Bertz CT molecular complexity index is 973. The Hall–Kier alpha value is -2.36. The minimum Gasteiger partial charge on any atom is -0.379 e. The summed E-state index contributed by atoms with van der Waals surface area (Å²) in [6, 6.07) is 7.02. The fourth-order valence-electron chi connectivity index (χ4n) is 2.69. The number of anilines is 1. The molecule has 27 heavy (non-hydrogen) atoms. The van der Waals surface area contributed by atoms with Crippen molar-refractivity contribution < 1.29 is 26.7 Å². The predicted octanol–water partition coefficient (Wildman–Crippen LogP) is 2.55. The van der Waals surface area contributed by atoms with Crippen molar-refractivity contribution in [3.8, 4) is 0 Å². The van der Waals surface area contributed by atoms with Crippen molar-refractivity contribution in [3.05, 3.63) is 59.2 Å². The number of rotatable bonds is 4. The average Bonchev–Trinajstić information content (AvgIpc) is 2.65. The monoisotopic (exact) mass is 396 g/mol. The summed E-state index contributed by atoms with van der Waals surface area (Å²) in [4.78, 5) is 11.9. The van der Waals surface area contributed by atoms with E-state index in [-0.39, 0.29) is 37.6 Å². The molecule has 3 rings (SSSR count). The van der Waals surface area contributed by atoms with E-state index < -0.39 is 32.5 Å². The smallest absolute Gasteiger partial charge is 0.255 e. The zero-order valence-corrected chi connectivity index (χ0v) is 15.4. The molecule has 0 unspecified atom stereocenters. The molecule has 144 valence electrons. The molecule has 6 nitrogen and oxygen atoms in total. The topological polar surface area (TPSA) is 75.7 Å². The van der Waals surface area contributed by atoms with Crippen LogP contribution in [0.4, 0.5) is 14.5 Å². The number of hydrogen-bond acceptors (Lipinski definition) is 4. The molecule has 1 aliphatic rings. The van der Waals surface area contributed by atoms with Gasteiger partial charge in [-0.25, -0.2) is 17.2 Å². The van der Waals surface area contributed by atoms with E-state index in [0.717, 1.165) is 22.5 Å². The van der Waals surface area contributed by atoms with Crippen molar-refractivity contribution in [2.24, 2.45) is 0 Å². The number of carbonyl (C=O) groups is 1. The molecule has 2 aromatic rings. The summed E-state index contributed by atoms with van der Waals surface area (Å²) >= 11 is 0. The third-order valence-corrected chi connectivity index (χ3v) is 6.14. The SMILES string of the molecule is Cc1ccc(F)cc1NC(=O)c1ccc(F)c(S(=O)(=O)N2CCOCC2)c1. The van der Waals surface area contributed by atoms with E-state index in [1.54, 1.807) is 6.92 Å². The number of aryl methyl sites for hydroxylation is 1. The lowest BCUT2D eigenvalue weighted by Gasteiger charge is -2.26. The average molecular weight is 396 g/mol. The molecule has 1 fully saturated rings. The molecule has 0 spiro atoms. The molecule has 1 saturated heterocycles. The van der Waals surface area contributed by atoms with E-state index in [1.165, 1.54) is 18.2 Å². The Kier molecular flexibility index (Phi) is 5.54. The summed E-state index contributed by atoms with van der Waals surface area (Å²) in [6.45, 7) is 2.36. The first-order valence-electron chi connectivity index (χ1n) is 8.24. The zero-order valence-electron chi connectivity index (χ0n) is 14.5. The maximum atomic E-state index is 14.2. The summed E-state index contributed by atoms with van der Waals surface area (Å²) in [5, 5.41) is 2.52. The van der Waals surface area contributed by atoms with Gasteiger partial charge in [-0.3, -0.25) is 4.79 Å². The highest BCUT2D eigenvalue weighted by Crippen LogP contribution is 2.23. The van der Waals surface area contributed by atoms with Gasteiger partial charge in [0.15, 0.2) is 0 Å². The van der Waals surface area contributed by atoms with Gasteiger partial charge < -0.3 is 10.1 Å². The van der Waals surface area contributed by atoms with Crippen LogP contribution in [0.3, 0.4) is 0 Å². The van der Waals surface area contributed by atoms with E-state index in [2.05, 4.69) is 5.32 Å². The molecule has 9 heteroatoms. The van der Waals surface area contributed by atoms with E-state index in [4.69, 9.17) is 4.74 Å². The van der Waals surface area contributed by atoms with Crippen molar-refractivity contribution >= 4 is 21.6 Å². The molecule has 0 radical (unpaired) electrons. The van der Waals surface area contributed by atoms with Crippen molar-refractivity contribution in [2.75, 3.05) is 31.6 Å². The van der Waals surface area contributed by atoms with Gasteiger partial charge in [-0.15, -0.1) is 0 Å². The molecule has 2 aromatic carbocycles. The first kappa shape index (κ1) is 19.4. The fourth-order valence-corrected chi connectivity index (χ4v) is 4.19. The molecule has 0 atom stereocenters. The minimum atomic E-state index is -4.10. The lowest BCUT2D eigenvalue weighted by atomic mass is 10.1. The molecular formula is C18H18F2N2O4S. The lowest BCUT2D eigenvalue weighted by molar-refractivity contribution is 0.0729. The molecule has 0 bridgehead atoms. The maximum Gasteiger partial charge on any atom is 0.255 e. The Morgan fingerprint density at radius 1 is 1.11 bits per heavy atom. The molecule has 0 saturated carbocycles. The number of carbonyl (C=O) groups excluding carboxylic acids is 1. The quantitative estimate of drug-likeness (QED) is 0.862. The van der Waals surface area contributed by atoms with Crippen LogP contribution in [0.5, 0.6) is 0 Å². The van der Waals surface area contributed by atoms with Crippen LogP contribution in [-0.4, -0.2) is 44.9 Å². The van der Waals surface area contributed by atoms with Crippen molar-refractivity contribution in [1.29, 1.82) is 0 Å². The molecule has 1 N–H and O–H groups in total. The van der Waals surface area contributed by atoms with Gasteiger partial charge in [0.1, 0.15) is 16.5 Å². The highest BCUT2D eigenvalue weighted by molar-refractivity contribution is 7.89. The zero-order chi connectivity index (χ0) is 19.6. The first-order chi connectivity index (χ1) is 12.8. The van der Waals surface area contributed by atoms with Gasteiger partial charge in [0.05, 0.1) is 13.2 Å². The highest BCUT2D eigenvalue weighted by Gasteiger charge is 2.29. The van der Waals surface area contributed by atoms with Crippen molar-refractivity contribution in [3.63, 3.8) is 0 Å². The van der Waals surface area contributed by atoms with E-state index in [0.29, 0.717) is 5.56 Å². The number of nitrogens with zero attached hydrogens (tertiary/aromatic N) is 1. The summed E-state index contributed by atoms with van der Waals surface area (Å²) in [6.07, 6.45) is 0. The maximum absolute atomic E-state index is 14.2. The van der Waals surface area contributed by atoms with Crippen LogP contribution in [0, 0.1) is 18.6 Å². The normalized spacial score (nSPS) is 15.5. The van der Waals surface area contributed by atoms with Crippen LogP contribution < -0.4 is 5.32 Å². The first-order valence-corrected chi connectivity index (χ1v) is 9.68. The lowest BCUT2D eigenvalue weighted by Crippen LogP contribution is -2.41. The molecule has 1 amide bonds. The number of sulfonamides is 1. The largest absolute Gasteiger partial charge is 0.379 e. The number of ether oxygens (including phenoxy) is 1. The number of benzene rings is 2. The molecule has 1 aliphatic heterocycles. The third kappa shape index (κ3) is 4.15. The Morgan fingerprint density at radius 2 is 1.81 bits per heavy atom. The number of halogens is 2. The second-order valence-corrected chi connectivity index (χ2v) is 7.98. The Balaban J connectivity index is 1.90. The molecular weight excluding hydrogens is 378 g/mol. The summed E-state index contributed by atoms with van der Waals surface area (Å²) < 4.78 is 59.2. The standard InChI is InChI=1S/C18H18F2N2O4S/c1-12-2-4-14(19)11-16(12)21-18(23)13-3-5-15(20)17(10-13)27(24,25)22-6-8-26-9-7-22/h2-5,10-11H,6-9H2,1H3,(H,21,23). The van der Waals surface area contributed by atoms with E-state index >= 15 is 0 Å². The summed E-state index contributed by atoms with van der Waals surface area (Å²) in [7, 11) is -4.10. The van der Waals surface area contributed by atoms with Gasteiger partial charge in [-0.1, -0.05) is 6.07 Å². The van der Waals surface area contributed by atoms with Crippen LogP contribution in [-0.2, 0) is 14.8 Å². The van der Waals surface area contributed by atoms with Crippen LogP contribution >= 0.6 is 0 Å². The number of hydrogen-bond donors (Lipinski definition) is 1. The van der Waals surface area contributed by atoms with E-state index in [1.807, 2.05) is 0 Å². The fraction of sp³-hybridized carbons (Fsp3) is 0.278. The second kappa shape index (κ2) is 7.71. The van der Waals surface area contributed by atoms with Gasteiger partial charge in [-0.05, 0) is 42.8 Å².